The number of amides is 1. The number of halogens is 1. The van der Waals surface area contributed by atoms with Gasteiger partial charge in [0.15, 0.2) is 0 Å². The van der Waals surface area contributed by atoms with E-state index in [2.05, 4.69) is 0 Å². The molecule has 1 aliphatic rings. The van der Waals surface area contributed by atoms with Crippen molar-refractivity contribution in [1.82, 2.24) is 9.21 Å². The molecule has 5 nitrogen and oxygen atoms in total. The predicted molar refractivity (Wildman–Crippen MR) is 100 cm³/mol. The molecule has 140 valence electrons. The van der Waals surface area contributed by atoms with Crippen LogP contribution in [0.4, 0.5) is 0 Å². The van der Waals surface area contributed by atoms with Gasteiger partial charge in [0, 0.05) is 32.2 Å². The first-order valence-electron chi connectivity index (χ1n) is 8.68. The van der Waals surface area contributed by atoms with E-state index >= 15 is 0 Å². The van der Waals surface area contributed by atoms with Crippen molar-refractivity contribution in [3.8, 4) is 0 Å². The summed E-state index contributed by atoms with van der Waals surface area (Å²) in [5.41, 5.74) is 0.344. The van der Waals surface area contributed by atoms with Gasteiger partial charge in [-0.05, 0) is 42.9 Å². The Labute approximate surface area is 156 Å². The van der Waals surface area contributed by atoms with E-state index in [0.717, 1.165) is 12.8 Å². The Bertz CT molecular complexity index is 734. The molecule has 0 spiro atoms. The number of nitrogens with zero attached hydrogens (tertiary/aromatic N) is 2. The smallest absolute Gasteiger partial charge is 0.253 e. The second kappa shape index (κ2) is 8.06. The van der Waals surface area contributed by atoms with Crippen LogP contribution in [0.5, 0.6) is 0 Å². The number of piperidine rings is 1. The molecular formula is C18H27ClN2O3S. The van der Waals surface area contributed by atoms with Gasteiger partial charge in [-0.3, -0.25) is 4.79 Å². The zero-order valence-corrected chi connectivity index (χ0v) is 16.9. The lowest BCUT2D eigenvalue weighted by Gasteiger charge is -2.30. The van der Waals surface area contributed by atoms with E-state index in [1.165, 1.54) is 16.4 Å². The van der Waals surface area contributed by atoms with Crippen molar-refractivity contribution in [1.29, 1.82) is 0 Å². The van der Waals surface area contributed by atoms with E-state index in [-0.39, 0.29) is 15.8 Å². The van der Waals surface area contributed by atoms with Crippen LogP contribution in [0.2, 0.25) is 5.02 Å². The summed E-state index contributed by atoms with van der Waals surface area (Å²) in [5, 5.41) is 0.154. The van der Waals surface area contributed by atoms with Crippen LogP contribution in [0, 0.1) is 11.8 Å². The largest absolute Gasteiger partial charge is 0.341 e. The summed E-state index contributed by atoms with van der Waals surface area (Å²) in [6.45, 7) is 7.69. The predicted octanol–water partition coefficient (Wildman–Crippen LogP) is 3.49. The molecular weight excluding hydrogens is 360 g/mol. The Morgan fingerprint density at radius 3 is 2.68 bits per heavy atom. The molecule has 0 N–H and O–H groups in total. The number of carbonyl (C=O) groups is 1. The standard InChI is InChI=1S/C18H27ClN2O3S/c1-13(2)11-20(4)18(22)15-7-8-16(19)17(10-15)25(23,24)21-9-5-6-14(3)12-21/h7-8,10,13-14H,5-6,9,11-12H2,1-4H3. The molecule has 0 radical (unpaired) electrons. The van der Waals surface area contributed by atoms with Crippen LogP contribution in [0.1, 0.15) is 44.0 Å². The molecule has 0 aromatic heterocycles. The highest BCUT2D eigenvalue weighted by atomic mass is 35.5. The van der Waals surface area contributed by atoms with Gasteiger partial charge in [-0.25, -0.2) is 8.42 Å². The van der Waals surface area contributed by atoms with Crippen LogP contribution < -0.4 is 0 Å². The highest BCUT2D eigenvalue weighted by molar-refractivity contribution is 7.89. The van der Waals surface area contributed by atoms with Crippen molar-refractivity contribution in [2.45, 2.75) is 38.5 Å². The van der Waals surface area contributed by atoms with Crippen LogP contribution in [0.25, 0.3) is 0 Å². The Kier molecular flexibility index (Phi) is 6.51. The average molecular weight is 387 g/mol. The third kappa shape index (κ3) is 4.74. The van der Waals surface area contributed by atoms with Crippen molar-refractivity contribution in [3.05, 3.63) is 28.8 Å². The lowest BCUT2D eigenvalue weighted by Crippen LogP contribution is -2.39. The first-order valence-corrected chi connectivity index (χ1v) is 10.5. The normalized spacial score (nSPS) is 19.2. The van der Waals surface area contributed by atoms with Crippen LogP contribution in [-0.4, -0.2) is 50.2 Å². The van der Waals surface area contributed by atoms with Gasteiger partial charge in [0.05, 0.1) is 5.02 Å². The number of hydrogen-bond donors (Lipinski definition) is 0. The minimum Gasteiger partial charge on any atom is -0.341 e. The zero-order valence-electron chi connectivity index (χ0n) is 15.3. The second-order valence-corrected chi connectivity index (χ2v) is 9.65. The summed E-state index contributed by atoms with van der Waals surface area (Å²) in [7, 11) is -1.98. The fraction of sp³-hybridized carbons (Fsp3) is 0.611. The quantitative estimate of drug-likeness (QED) is 0.778. The summed E-state index contributed by atoms with van der Waals surface area (Å²) in [4.78, 5) is 14.2. The van der Waals surface area contributed by atoms with Gasteiger partial charge in [0.2, 0.25) is 10.0 Å². The Morgan fingerprint density at radius 2 is 2.08 bits per heavy atom. The summed E-state index contributed by atoms with van der Waals surface area (Å²) in [6.07, 6.45) is 1.87. The van der Waals surface area contributed by atoms with Gasteiger partial charge in [0.1, 0.15) is 4.90 Å². The monoisotopic (exact) mass is 386 g/mol. The maximum atomic E-state index is 13.0. The molecule has 1 aromatic carbocycles. The molecule has 7 heteroatoms. The van der Waals surface area contributed by atoms with Crippen LogP contribution in [0.3, 0.4) is 0 Å². The summed E-state index contributed by atoms with van der Waals surface area (Å²) < 4.78 is 27.5. The van der Waals surface area contributed by atoms with Gasteiger partial charge in [0.25, 0.3) is 5.91 Å². The van der Waals surface area contributed by atoms with Crippen LogP contribution in [0.15, 0.2) is 23.1 Å². The SMILES string of the molecule is CC(C)CN(C)C(=O)c1ccc(Cl)c(S(=O)(=O)N2CCCC(C)C2)c1. The highest BCUT2D eigenvalue weighted by Gasteiger charge is 2.31. The Morgan fingerprint density at radius 1 is 1.40 bits per heavy atom. The molecule has 1 saturated heterocycles. The Balaban J connectivity index is 2.34. The van der Waals surface area contributed by atoms with Crippen molar-refractivity contribution in [3.63, 3.8) is 0 Å². The number of sulfonamides is 1. The van der Waals surface area contributed by atoms with Crippen molar-refractivity contribution in [2.24, 2.45) is 11.8 Å². The number of benzene rings is 1. The fourth-order valence-corrected chi connectivity index (χ4v) is 5.29. The molecule has 1 heterocycles. The molecule has 1 amide bonds. The molecule has 1 aromatic rings. The molecule has 2 rings (SSSR count). The van der Waals surface area contributed by atoms with E-state index < -0.39 is 10.0 Å². The fourth-order valence-electron chi connectivity index (χ4n) is 3.19. The zero-order chi connectivity index (χ0) is 18.8. The minimum atomic E-state index is -3.70. The van der Waals surface area contributed by atoms with E-state index in [1.807, 2.05) is 20.8 Å². The van der Waals surface area contributed by atoms with Gasteiger partial charge in [-0.1, -0.05) is 32.4 Å². The molecule has 0 saturated carbocycles. The van der Waals surface area contributed by atoms with E-state index in [4.69, 9.17) is 11.6 Å². The maximum absolute atomic E-state index is 13.0. The van der Waals surface area contributed by atoms with Gasteiger partial charge >= 0.3 is 0 Å². The van der Waals surface area contributed by atoms with Crippen LogP contribution in [-0.2, 0) is 10.0 Å². The second-order valence-electron chi connectivity index (χ2n) is 7.34. The molecule has 0 bridgehead atoms. The number of hydrogen-bond acceptors (Lipinski definition) is 3. The van der Waals surface area contributed by atoms with E-state index in [1.54, 1.807) is 18.0 Å². The first-order chi connectivity index (χ1) is 11.6. The molecule has 0 aliphatic carbocycles. The lowest BCUT2D eigenvalue weighted by molar-refractivity contribution is 0.0779. The van der Waals surface area contributed by atoms with E-state index in [0.29, 0.717) is 37.0 Å². The summed E-state index contributed by atoms with van der Waals surface area (Å²) in [5.74, 6) is 0.456. The third-order valence-electron chi connectivity index (χ3n) is 4.40. The van der Waals surface area contributed by atoms with Gasteiger partial charge in [-0.2, -0.15) is 4.31 Å². The minimum absolute atomic E-state index is 0.0204. The molecule has 25 heavy (non-hydrogen) atoms. The first kappa shape index (κ1) is 20.2. The number of carbonyl (C=O) groups excluding carboxylic acids is 1. The van der Waals surface area contributed by atoms with Crippen molar-refractivity contribution < 1.29 is 13.2 Å². The summed E-state index contributed by atoms with van der Waals surface area (Å²) >= 11 is 6.17. The van der Waals surface area contributed by atoms with Gasteiger partial charge < -0.3 is 4.90 Å². The number of rotatable bonds is 5. The molecule has 1 aliphatic heterocycles. The van der Waals surface area contributed by atoms with Crippen molar-refractivity contribution in [2.75, 3.05) is 26.7 Å². The van der Waals surface area contributed by atoms with Crippen molar-refractivity contribution >= 4 is 27.5 Å². The highest BCUT2D eigenvalue weighted by Crippen LogP contribution is 2.29. The Hall–Kier alpha value is -1.11. The summed E-state index contributed by atoms with van der Waals surface area (Å²) in [6, 6.07) is 4.49. The molecule has 1 atom stereocenters. The average Bonchev–Trinajstić information content (AvgIpc) is 2.53. The van der Waals surface area contributed by atoms with Gasteiger partial charge in [-0.15, -0.1) is 0 Å². The van der Waals surface area contributed by atoms with E-state index in [9.17, 15) is 13.2 Å². The molecule has 1 unspecified atom stereocenters. The molecule has 1 fully saturated rings. The third-order valence-corrected chi connectivity index (χ3v) is 6.75. The maximum Gasteiger partial charge on any atom is 0.253 e. The topological polar surface area (TPSA) is 57.7 Å². The lowest BCUT2D eigenvalue weighted by atomic mass is 10.0. The van der Waals surface area contributed by atoms with Crippen LogP contribution >= 0.6 is 11.6 Å².